The van der Waals surface area contributed by atoms with Gasteiger partial charge in [0.1, 0.15) is 23.3 Å². The van der Waals surface area contributed by atoms with Crippen LogP contribution in [-0.4, -0.2) is 56.7 Å². The highest BCUT2D eigenvalue weighted by molar-refractivity contribution is 5.99. The Balaban J connectivity index is 1.69. The van der Waals surface area contributed by atoms with E-state index in [0.717, 1.165) is 12.1 Å². The van der Waals surface area contributed by atoms with Gasteiger partial charge in [-0.1, -0.05) is 6.07 Å². The van der Waals surface area contributed by atoms with Crippen molar-refractivity contribution in [3.8, 4) is 16.9 Å². The second kappa shape index (κ2) is 8.32. The Morgan fingerprint density at radius 1 is 0.971 bits per heavy atom. The maximum atomic E-state index is 14.8. The number of piperazine rings is 1. The van der Waals surface area contributed by atoms with Gasteiger partial charge in [0.15, 0.2) is 5.65 Å². The van der Waals surface area contributed by atoms with Gasteiger partial charge in [-0.15, -0.1) is 5.10 Å². The van der Waals surface area contributed by atoms with Crippen LogP contribution in [-0.2, 0) is 4.79 Å². The maximum Gasteiger partial charge on any atom is 0.228 e. The third-order valence-corrected chi connectivity index (χ3v) is 5.80. The molecule has 8 nitrogen and oxygen atoms in total. The molecule has 0 unspecified atom stereocenters. The summed E-state index contributed by atoms with van der Waals surface area (Å²) in [7, 11) is 0. The lowest BCUT2D eigenvalue weighted by molar-refractivity contribution is -0.129. The summed E-state index contributed by atoms with van der Waals surface area (Å²) in [6, 6.07) is 8.87. The number of aromatic nitrogens is 4. The second-order valence-corrected chi connectivity index (χ2v) is 7.97. The lowest BCUT2D eigenvalue weighted by Crippen LogP contribution is -2.48. The van der Waals surface area contributed by atoms with Gasteiger partial charge in [-0.3, -0.25) is 4.79 Å². The first kappa shape index (κ1) is 21.7. The van der Waals surface area contributed by atoms with Gasteiger partial charge in [0.05, 0.1) is 16.8 Å². The van der Waals surface area contributed by atoms with E-state index in [1.165, 1.54) is 35.9 Å². The number of nitrogens with zero attached hydrogens (tertiary/aromatic N) is 6. The van der Waals surface area contributed by atoms with Crippen molar-refractivity contribution in [2.24, 2.45) is 0 Å². The standard InChI is InChI=1S/C23H20F3N7O/c1-13(34)31-7-9-32(10-8-31)23-28-20(17-6-5-15(25)12-18(17)26)19-21(27)33(30-22(19)29-23)16-4-2-3-14(24)11-16/h2-6,11-12H,7-10,27H2,1H3. The topological polar surface area (TPSA) is 93.2 Å². The molecule has 3 heterocycles. The average Bonchev–Trinajstić information content (AvgIpc) is 3.15. The lowest BCUT2D eigenvalue weighted by Gasteiger charge is -2.34. The Labute approximate surface area is 192 Å². The highest BCUT2D eigenvalue weighted by atomic mass is 19.1. The number of benzene rings is 2. The van der Waals surface area contributed by atoms with Gasteiger partial charge in [-0.25, -0.2) is 22.8 Å². The lowest BCUT2D eigenvalue weighted by atomic mass is 10.1. The molecular formula is C23H20F3N7O. The molecule has 0 radical (unpaired) electrons. The van der Waals surface area contributed by atoms with Gasteiger partial charge in [0.25, 0.3) is 0 Å². The average molecular weight is 467 g/mol. The van der Waals surface area contributed by atoms with E-state index < -0.39 is 17.5 Å². The molecule has 0 spiro atoms. The summed E-state index contributed by atoms with van der Waals surface area (Å²) in [6.45, 7) is 3.41. The molecule has 1 aliphatic heterocycles. The number of anilines is 2. The van der Waals surface area contributed by atoms with Crippen LogP contribution in [0.5, 0.6) is 0 Å². The van der Waals surface area contributed by atoms with Crippen LogP contribution in [0.1, 0.15) is 6.92 Å². The molecule has 2 aromatic carbocycles. The Hall–Kier alpha value is -4.15. The molecule has 0 aliphatic carbocycles. The van der Waals surface area contributed by atoms with Crippen LogP contribution >= 0.6 is 0 Å². The minimum atomic E-state index is -0.815. The molecule has 2 aromatic heterocycles. The first-order valence-corrected chi connectivity index (χ1v) is 10.6. The van der Waals surface area contributed by atoms with Gasteiger partial charge in [0, 0.05) is 44.7 Å². The summed E-state index contributed by atoms with van der Waals surface area (Å²) in [5.41, 5.74) is 7.08. The summed E-state index contributed by atoms with van der Waals surface area (Å²) in [5, 5.41) is 4.71. The second-order valence-electron chi connectivity index (χ2n) is 7.97. The Morgan fingerprint density at radius 2 is 1.71 bits per heavy atom. The van der Waals surface area contributed by atoms with Crippen LogP contribution in [0, 0.1) is 17.5 Å². The van der Waals surface area contributed by atoms with Crippen molar-refractivity contribution in [2.75, 3.05) is 36.8 Å². The fraction of sp³-hybridized carbons (Fsp3) is 0.217. The molecule has 11 heteroatoms. The predicted molar refractivity (Wildman–Crippen MR) is 121 cm³/mol. The van der Waals surface area contributed by atoms with E-state index in [4.69, 9.17) is 5.73 Å². The third kappa shape index (κ3) is 3.78. The van der Waals surface area contributed by atoms with Gasteiger partial charge in [0.2, 0.25) is 11.9 Å². The number of rotatable bonds is 3. The number of nitrogen functional groups attached to an aromatic ring is 1. The van der Waals surface area contributed by atoms with Crippen LogP contribution < -0.4 is 10.6 Å². The summed E-state index contributed by atoms with van der Waals surface area (Å²) >= 11 is 0. The molecule has 5 rings (SSSR count). The van der Waals surface area contributed by atoms with E-state index in [-0.39, 0.29) is 40.0 Å². The fourth-order valence-electron chi connectivity index (χ4n) is 4.04. The number of nitrogens with two attached hydrogens (primary N) is 1. The fourth-order valence-corrected chi connectivity index (χ4v) is 4.04. The van der Waals surface area contributed by atoms with E-state index in [9.17, 15) is 18.0 Å². The molecule has 2 N–H and O–H groups in total. The summed E-state index contributed by atoms with van der Waals surface area (Å²) in [4.78, 5) is 24.4. The third-order valence-electron chi connectivity index (χ3n) is 5.80. The summed E-state index contributed by atoms with van der Waals surface area (Å²) in [5.74, 6) is -1.67. The van der Waals surface area contributed by atoms with Crippen LogP contribution in [0.2, 0.25) is 0 Å². The summed E-state index contributed by atoms with van der Waals surface area (Å²) in [6.07, 6.45) is 0. The number of carbonyl (C=O) groups excluding carboxylic acids is 1. The first-order valence-electron chi connectivity index (χ1n) is 10.6. The van der Waals surface area contributed by atoms with Gasteiger partial charge in [-0.05, 0) is 30.3 Å². The van der Waals surface area contributed by atoms with Crippen LogP contribution in [0.25, 0.3) is 28.0 Å². The smallest absolute Gasteiger partial charge is 0.228 e. The Kier molecular flexibility index (Phi) is 5.31. The van der Waals surface area contributed by atoms with Crippen molar-refractivity contribution in [1.29, 1.82) is 0 Å². The monoisotopic (exact) mass is 467 g/mol. The number of carbonyl (C=O) groups is 1. The number of halogens is 3. The Morgan fingerprint density at radius 3 is 2.38 bits per heavy atom. The van der Waals surface area contributed by atoms with Crippen LogP contribution in [0.4, 0.5) is 24.9 Å². The SMILES string of the molecule is CC(=O)N1CCN(c2nc(-c3ccc(F)cc3F)c3c(N)n(-c4cccc(F)c4)nc3n2)CC1. The van der Waals surface area contributed by atoms with Crippen molar-refractivity contribution in [3.05, 3.63) is 59.9 Å². The quantitative estimate of drug-likeness (QED) is 0.498. The molecule has 0 atom stereocenters. The van der Waals surface area contributed by atoms with Crippen molar-refractivity contribution >= 4 is 28.7 Å². The molecule has 1 amide bonds. The van der Waals surface area contributed by atoms with Crippen molar-refractivity contribution in [1.82, 2.24) is 24.6 Å². The Bertz CT molecular complexity index is 1410. The maximum absolute atomic E-state index is 14.8. The molecular weight excluding hydrogens is 447 g/mol. The van der Waals surface area contributed by atoms with Gasteiger partial charge < -0.3 is 15.5 Å². The van der Waals surface area contributed by atoms with E-state index in [0.29, 0.717) is 31.9 Å². The molecule has 1 aliphatic rings. The number of fused-ring (bicyclic) bond motifs is 1. The molecule has 174 valence electrons. The molecule has 1 fully saturated rings. The van der Waals surface area contributed by atoms with Crippen LogP contribution in [0.15, 0.2) is 42.5 Å². The van der Waals surface area contributed by atoms with E-state index >= 15 is 0 Å². The van der Waals surface area contributed by atoms with E-state index in [2.05, 4.69) is 15.1 Å². The van der Waals surface area contributed by atoms with Crippen molar-refractivity contribution in [2.45, 2.75) is 6.92 Å². The highest BCUT2D eigenvalue weighted by Gasteiger charge is 2.25. The zero-order chi connectivity index (χ0) is 24.0. The zero-order valence-corrected chi connectivity index (χ0v) is 18.2. The molecule has 34 heavy (non-hydrogen) atoms. The summed E-state index contributed by atoms with van der Waals surface area (Å²) < 4.78 is 43.6. The minimum absolute atomic E-state index is 0.0216. The minimum Gasteiger partial charge on any atom is -0.383 e. The largest absolute Gasteiger partial charge is 0.383 e. The predicted octanol–water partition coefficient (Wildman–Crippen LogP) is 3.15. The molecule has 0 saturated carbocycles. The van der Waals surface area contributed by atoms with Crippen molar-refractivity contribution < 1.29 is 18.0 Å². The molecule has 1 saturated heterocycles. The number of hydrogen-bond donors (Lipinski definition) is 1. The normalized spacial score (nSPS) is 14.1. The molecule has 4 aromatic rings. The molecule has 0 bridgehead atoms. The van der Waals surface area contributed by atoms with Crippen LogP contribution in [0.3, 0.4) is 0 Å². The van der Waals surface area contributed by atoms with Crippen molar-refractivity contribution in [3.63, 3.8) is 0 Å². The van der Waals surface area contributed by atoms with E-state index in [1.807, 2.05) is 4.90 Å². The zero-order valence-electron chi connectivity index (χ0n) is 18.2. The van der Waals surface area contributed by atoms with Gasteiger partial charge in [-0.2, -0.15) is 4.98 Å². The number of hydrogen-bond acceptors (Lipinski definition) is 6. The van der Waals surface area contributed by atoms with E-state index in [1.54, 1.807) is 11.0 Å². The van der Waals surface area contributed by atoms with Gasteiger partial charge >= 0.3 is 0 Å². The highest BCUT2D eigenvalue weighted by Crippen LogP contribution is 2.35. The first-order chi connectivity index (χ1) is 16.3. The number of amides is 1.